The predicted octanol–water partition coefficient (Wildman–Crippen LogP) is 3.75. The summed E-state index contributed by atoms with van der Waals surface area (Å²) in [4.78, 5) is 0. The molecule has 2 aromatic carbocycles. The molecule has 2 aromatic rings. The van der Waals surface area contributed by atoms with E-state index in [1.165, 1.54) is 5.56 Å². The van der Waals surface area contributed by atoms with E-state index in [-0.39, 0.29) is 5.54 Å². The Balaban J connectivity index is 1.63. The van der Waals surface area contributed by atoms with Gasteiger partial charge in [-0.05, 0) is 43.2 Å². The van der Waals surface area contributed by atoms with Crippen LogP contribution in [0.15, 0.2) is 54.6 Å². The maximum absolute atomic E-state index is 5.86. The highest BCUT2D eigenvalue weighted by atomic mass is 16.5. The standard InChI is InChI=1S/C18H21NO2/c1-18(10-11-20-14-18)19-13-15-6-5-9-17(12-15)21-16-7-3-2-4-8-16/h2-9,12,19H,10-11,13-14H2,1H3. The average molecular weight is 283 g/mol. The Labute approximate surface area is 125 Å². The van der Waals surface area contributed by atoms with Gasteiger partial charge in [-0.15, -0.1) is 0 Å². The molecule has 0 amide bonds. The molecule has 1 saturated heterocycles. The molecule has 1 fully saturated rings. The van der Waals surface area contributed by atoms with Crippen LogP contribution in [0.2, 0.25) is 0 Å². The van der Waals surface area contributed by atoms with Gasteiger partial charge in [0.25, 0.3) is 0 Å². The molecule has 1 heterocycles. The number of nitrogens with one attached hydrogen (secondary N) is 1. The van der Waals surface area contributed by atoms with Gasteiger partial charge in [-0.3, -0.25) is 0 Å². The molecule has 3 rings (SSSR count). The molecule has 3 nitrogen and oxygen atoms in total. The normalized spacial score (nSPS) is 21.4. The van der Waals surface area contributed by atoms with Crippen LogP contribution < -0.4 is 10.1 Å². The van der Waals surface area contributed by atoms with Crippen molar-refractivity contribution in [3.8, 4) is 11.5 Å². The second kappa shape index (κ2) is 6.29. The fourth-order valence-corrected chi connectivity index (χ4v) is 2.47. The SMILES string of the molecule is CC1(NCc2cccc(Oc3ccccc3)c2)CCOC1. The van der Waals surface area contributed by atoms with E-state index in [2.05, 4.69) is 24.4 Å². The monoisotopic (exact) mass is 283 g/mol. The van der Waals surface area contributed by atoms with Crippen molar-refractivity contribution >= 4 is 0 Å². The van der Waals surface area contributed by atoms with Crippen LogP contribution in [0.3, 0.4) is 0 Å². The van der Waals surface area contributed by atoms with E-state index in [1.54, 1.807) is 0 Å². The molecular formula is C18H21NO2. The van der Waals surface area contributed by atoms with E-state index in [0.29, 0.717) is 0 Å². The van der Waals surface area contributed by atoms with Crippen molar-refractivity contribution in [2.24, 2.45) is 0 Å². The van der Waals surface area contributed by atoms with Crippen LogP contribution in [0.5, 0.6) is 11.5 Å². The largest absolute Gasteiger partial charge is 0.457 e. The lowest BCUT2D eigenvalue weighted by Crippen LogP contribution is -2.42. The summed E-state index contributed by atoms with van der Waals surface area (Å²) in [5.74, 6) is 1.73. The minimum Gasteiger partial charge on any atom is -0.457 e. The van der Waals surface area contributed by atoms with E-state index in [0.717, 1.165) is 37.7 Å². The van der Waals surface area contributed by atoms with Gasteiger partial charge in [-0.25, -0.2) is 0 Å². The maximum Gasteiger partial charge on any atom is 0.127 e. The van der Waals surface area contributed by atoms with Crippen LogP contribution in [0.1, 0.15) is 18.9 Å². The van der Waals surface area contributed by atoms with Gasteiger partial charge in [0.2, 0.25) is 0 Å². The molecular weight excluding hydrogens is 262 g/mol. The fraction of sp³-hybridized carbons (Fsp3) is 0.333. The van der Waals surface area contributed by atoms with Crippen molar-refractivity contribution in [3.63, 3.8) is 0 Å². The third-order valence-electron chi connectivity index (χ3n) is 3.82. The zero-order valence-corrected chi connectivity index (χ0v) is 12.3. The number of hydrogen-bond acceptors (Lipinski definition) is 3. The molecule has 0 aromatic heterocycles. The Morgan fingerprint density at radius 3 is 2.67 bits per heavy atom. The Hall–Kier alpha value is -1.84. The third kappa shape index (κ3) is 3.84. The molecule has 1 unspecified atom stereocenters. The quantitative estimate of drug-likeness (QED) is 0.906. The van der Waals surface area contributed by atoms with Gasteiger partial charge in [0.1, 0.15) is 11.5 Å². The van der Waals surface area contributed by atoms with Crippen LogP contribution in [0.4, 0.5) is 0 Å². The lowest BCUT2D eigenvalue weighted by atomic mass is 10.0. The van der Waals surface area contributed by atoms with Crippen LogP contribution in [0.25, 0.3) is 0 Å². The molecule has 0 saturated carbocycles. The summed E-state index contributed by atoms with van der Waals surface area (Å²) in [6.45, 7) is 4.67. The van der Waals surface area contributed by atoms with Crippen LogP contribution >= 0.6 is 0 Å². The van der Waals surface area contributed by atoms with Gasteiger partial charge >= 0.3 is 0 Å². The van der Waals surface area contributed by atoms with Gasteiger partial charge in [0, 0.05) is 18.7 Å². The molecule has 0 aliphatic carbocycles. The van der Waals surface area contributed by atoms with E-state index in [4.69, 9.17) is 9.47 Å². The second-order valence-electron chi connectivity index (χ2n) is 5.78. The van der Waals surface area contributed by atoms with Gasteiger partial charge in [0.05, 0.1) is 6.61 Å². The molecule has 1 atom stereocenters. The lowest BCUT2D eigenvalue weighted by Gasteiger charge is -2.23. The first-order valence-electron chi connectivity index (χ1n) is 7.38. The van der Waals surface area contributed by atoms with Crippen molar-refractivity contribution in [1.29, 1.82) is 0 Å². The highest BCUT2D eigenvalue weighted by Gasteiger charge is 2.28. The maximum atomic E-state index is 5.86. The van der Waals surface area contributed by atoms with E-state index < -0.39 is 0 Å². The molecule has 0 radical (unpaired) electrons. The van der Waals surface area contributed by atoms with Crippen LogP contribution in [0, 0.1) is 0 Å². The number of ether oxygens (including phenoxy) is 2. The zero-order valence-electron chi connectivity index (χ0n) is 12.3. The Morgan fingerprint density at radius 2 is 1.90 bits per heavy atom. The number of benzene rings is 2. The first-order valence-corrected chi connectivity index (χ1v) is 7.38. The topological polar surface area (TPSA) is 30.5 Å². The minimum atomic E-state index is 0.0935. The summed E-state index contributed by atoms with van der Waals surface area (Å²) in [7, 11) is 0. The first kappa shape index (κ1) is 14.1. The summed E-state index contributed by atoms with van der Waals surface area (Å²) >= 11 is 0. The van der Waals surface area contributed by atoms with Crippen molar-refractivity contribution < 1.29 is 9.47 Å². The van der Waals surface area contributed by atoms with Crippen molar-refractivity contribution in [3.05, 3.63) is 60.2 Å². The molecule has 110 valence electrons. The second-order valence-corrected chi connectivity index (χ2v) is 5.78. The average Bonchev–Trinajstić information content (AvgIpc) is 2.94. The first-order chi connectivity index (χ1) is 10.2. The van der Waals surface area contributed by atoms with Gasteiger partial charge < -0.3 is 14.8 Å². The highest BCUT2D eigenvalue weighted by molar-refractivity contribution is 5.33. The molecule has 1 aliphatic heterocycles. The van der Waals surface area contributed by atoms with Gasteiger partial charge in [0.15, 0.2) is 0 Å². The van der Waals surface area contributed by atoms with E-state index >= 15 is 0 Å². The molecule has 3 heteroatoms. The minimum absolute atomic E-state index is 0.0935. The van der Waals surface area contributed by atoms with E-state index in [9.17, 15) is 0 Å². The summed E-state index contributed by atoms with van der Waals surface area (Å²) in [6.07, 6.45) is 1.06. The summed E-state index contributed by atoms with van der Waals surface area (Å²) in [6, 6.07) is 18.1. The third-order valence-corrected chi connectivity index (χ3v) is 3.82. The molecule has 1 N–H and O–H groups in total. The number of rotatable bonds is 5. The smallest absolute Gasteiger partial charge is 0.127 e. The van der Waals surface area contributed by atoms with Crippen LogP contribution in [-0.2, 0) is 11.3 Å². The van der Waals surface area contributed by atoms with E-state index in [1.807, 2.05) is 42.5 Å². The lowest BCUT2D eigenvalue weighted by molar-refractivity contribution is 0.171. The molecule has 0 bridgehead atoms. The van der Waals surface area contributed by atoms with Crippen molar-refractivity contribution in [1.82, 2.24) is 5.32 Å². The van der Waals surface area contributed by atoms with Gasteiger partial charge in [-0.2, -0.15) is 0 Å². The van der Waals surface area contributed by atoms with Crippen molar-refractivity contribution in [2.75, 3.05) is 13.2 Å². The fourth-order valence-electron chi connectivity index (χ4n) is 2.47. The molecule has 1 aliphatic rings. The highest BCUT2D eigenvalue weighted by Crippen LogP contribution is 2.23. The zero-order chi connectivity index (χ0) is 14.5. The Bertz CT molecular complexity index is 577. The van der Waals surface area contributed by atoms with Crippen molar-refractivity contribution in [2.45, 2.75) is 25.4 Å². The predicted molar refractivity (Wildman–Crippen MR) is 83.6 cm³/mol. The summed E-state index contributed by atoms with van der Waals surface area (Å²) in [5.41, 5.74) is 1.31. The van der Waals surface area contributed by atoms with Gasteiger partial charge in [-0.1, -0.05) is 30.3 Å². The Kier molecular flexibility index (Phi) is 4.23. The summed E-state index contributed by atoms with van der Waals surface area (Å²) < 4.78 is 11.3. The number of para-hydroxylation sites is 1. The summed E-state index contributed by atoms with van der Waals surface area (Å²) in [5, 5.41) is 3.58. The number of hydrogen-bond donors (Lipinski definition) is 1. The Morgan fingerprint density at radius 1 is 1.10 bits per heavy atom. The van der Waals surface area contributed by atoms with Crippen LogP contribution in [-0.4, -0.2) is 18.8 Å². The molecule has 0 spiro atoms. The molecule has 21 heavy (non-hydrogen) atoms.